The van der Waals surface area contributed by atoms with Crippen molar-refractivity contribution in [3.8, 4) is 0 Å². The van der Waals surface area contributed by atoms with E-state index in [2.05, 4.69) is 10.6 Å². The summed E-state index contributed by atoms with van der Waals surface area (Å²) in [6.45, 7) is 5.87. The summed E-state index contributed by atoms with van der Waals surface area (Å²) in [5.41, 5.74) is 0.286. The van der Waals surface area contributed by atoms with Gasteiger partial charge < -0.3 is 20.1 Å². The fraction of sp³-hybridized carbons (Fsp3) is 0.571. The molecule has 1 unspecified atom stereocenters. The summed E-state index contributed by atoms with van der Waals surface area (Å²) in [5.74, 6) is -0.394. The van der Waals surface area contributed by atoms with Gasteiger partial charge in [-0.25, -0.2) is 14.7 Å². The van der Waals surface area contributed by atoms with Crippen LogP contribution in [0.4, 0.5) is 9.59 Å². The Morgan fingerprint density at radius 2 is 1.73 bits per heavy atom. The maximum Gasteiger partial charge on any atom is 0.408 e. The number of benzene rings is 1. The van der Waals surface area contributed by atoms with Gasteiger partial charge in [0.05, 0.1) is 7.11 Å². The molecule has 168 valence electrons. The number of alkyl carbamates (subject to hydrolysis) is 2. The molecule has 1 atom stereocenters. The third-order valence-electron chi connectivity index (χ3n) is 3.97. The molecule has 0 radical (unpaired) electrons. The molecular weight excluding hydrogens is 390 g/mol. The van der Waals surface area contributed by atoms with E-state index in [-0.39, 0.29) is 6.61 Å². The van der Waals surface area contributed by atoms with Gasteiger partial charge in [0.25, 0.3) is 5.91 Å². The number of rotatable bonds is 10. The van der Waals surface area contributed by atoms with Crippen LogP contribution in [0, 0.1) is 0 Å². The molecule has 30 heavy (non-hydrogen) atoms. The zero-order chi connectivity index (χ0) is 22.6. The van der Waals surface area contributed by atoms with Crippen LogP contribution in [0.15, 0.2) is 30.3 Å². The van der Waals surface area contributed by atoms with Crippen LogP contribution in [-0.2, 0) is 25.7 Å². The van der Waals surface area contributed by atoms with Gasteiger partial charge >= 0.3 is 12.2 Å². The van der Waals surface area contributed by atoms with E-state index in [1.165, 1.54) is 14.2 Å². The lowest BCUT2D eigenvalue weighted by atomic mass is 10.1. The molecule has 1 aromatic rings. The average Bonchev–Trinajstić information content (AvgIpc) is 2.69. The highest BCUT2D eigenvalue weighted by Crippen LogP contribution is 2.08. The molecule has 0 aliphatic carbocycles. The largest absolute Gasteiger partial charge is 0.445 e. The molecule has 0 fully saturated rings. The fourth-order valence-corrected chi connectivity index (χ4v) is 2.45. The molecule has 0 aliphatic heterocycles. The highest BCUT2D eigenvalue weighted by atomic mass is 16.7. The Bertz CT molecular complexity index is 675. The number of nitrogens with one attached hydrogen (secondary N) is 2. The lowest BCUT2D eigenvalue weighted by Crippen LogP contribution is -2.47. The van der Waals surface area contributed by atoms with E-state index >= 15 is 0 Å². The number of likely N-dealkylation sites (N-methyl/N-ethyl adjacent to an activating group) is 1. The normalized spacial score (nSPS) is 11.9. The number of carbonyl (C=O) groups is 3. The summed E-state index contributed by atoms with van der Waals surface area (Å²) >= 11 is 0. The summed E-state index contributed by atoms with van der Waals surface area (Å²) in [5, 5.41) is 6.31. The Labute approximate surface area is 178 Å². The van der Waals surface area contributed by atoms with E-state index in [0.29, 0.717) is 25.8 Å². The SMILES string of the molecule is CON(C)C(=O)C(CCCCNC(=O)OC(C)(C)C)NC(=O)OCc1ccccc1. The molecule has 3 amide bonds. The lowest BCUT2D eigenvalue weighted by molar-refractivity contribution is -0.171. The summed E-state index contributed by atoms with van der Waals surface area (Å²) in [6.07, 6.45) is 0.386. The summed E-state index contributed by atoms with van der Waals surface area (Å²) < 4.78 is 10.4. The van der Waals surface area contributed by atoms with Gasteiger partial charge in [-0.1, -0.05) is 30.3 Å². The van der Waals surface area contributed by atoms with Crippen molar-refractivity contribution in [3.05, 3.63) is 35.9 Å². The van der Waals surface area contributed by atoms with Gasteiger partial charge in [0.15, 0.2) is 0 Å². The number of amides is 3. The van der Waals surface area contributed by atoms with E-state index in [4.69, 9.17) is 14.3 Å². The van der Waals surface area contributed by atoms with Gasteiger partial charge in [0.2, 0.25) is 0 Å². The van der Waals surface area contributed by atoms with Crippen LogP contribution in [0.3, 0.4) is 0 Å². The van der Waals surface area contributed by atoms with E-state index in [1.54, 1.807) is 20.8 Å². The van der Waals surface area contributed by atoms with Crippen LogP contribution in [0.5, 0.6) is 0 Å². The second kappa shape index (κ2) is 12.7. The van der Waals surface area contributed by atoms with Crippen molar-refractivity contribution in [2.45, 2.75) is 58.3 Å². The Morgan fingerprint density at radius 3 is 2.33 bits per heavy atom. The quantitative estimate of drug-likeness (QED) is 0.443. The van der Waals surface area contributed by atoms with E-state index < -0.39 is 29.7 Å². The van der Waals surface area contributed by atoms with Crippen LogP contribution in [0.1, 0.15) is 45.6 Å². The first kappa shape index (κ1) is 25.2. The molecule has 1 rings (SSSR count). The number of hydroxylamine groups is 2. The van der Waals surface area contributed by atoms with Crippen molar-refractivity contribution in [3.63, 3.8) is 0 Å². The Morgan fingerprint density at radius 1 is 1.07 bits per heavy atom. The molecule has 9 heteroatoms. The number of hydrogen-bond donors (Lipinski definition) is 2. The van der Waals surface area contributed by atoms with Crippen molar-refractivity contribution < 1.29 is 28.7 Å². The minimum Gasteiger partial charge on any atom is -0.445 e. The van der Waals surface area contributed by atoms with Gasteiger partial charge in [0, 0.05) is 13.6 Å². The van der Waals surface area contributed by atoms with E-state index in [1.807, 2.05) is 30.3 Å². The number of unbranched alkanes of at least 4 members (excludes halogenated alkanes) is 1. The predicted molar refractivity (Wildman–Crippen MR) is 111 cm³/mol. The molecule has 9 nitrogen and oxygen atoms in total. The third kappa shape index (κ3) is 10.7. The van der Waals surface area contributed by atoms with Gasteiger partial charge in [0.1, 0.15) is 18.2 Å². The summed E-state index contributed by atoms with van der Waals surface area (Å²) in [7, 11) is 2.84. The molecule has 0 aromatic heterocycles. The van der Waals surface area contributed by atoms with Gasteiger partial charge in [-0.3, -0.25) is 9.63 Å². The highest BCUT2D eigenvalue weighted by molar-refractivity contribution is 5.84. The van der Waals surface area contributed by atoms with Crippen molar-refractivity contribution in [2.24, 2.45) is 0 Å². The number of hydrogen-bond acceptors (Lipinski definition) is 6. The van der Waals surface area contributed by atoms with Crippen LogP contribution in [-0.4, -0.2) is 55.5 Å². The Balaban J connectivity index is 2.46. The molecule has 0 spiro atoms. The number of carbonyl (C=O) groups excluding carboxylic acids is 3. The van der Waals surface area contributed by atoms with Gasteiger partial charge in [-0.15, -0.1) is 0 Å². The van der Waals surface area contributed by atoms with Crippen molar-refractivity contribution in [1.29, 1.82) is 0 Å². The fourth-order valence-electron chi connectivity index (χ4n) is 2.45. The van der Waals surface area contributed by atoms with Gasteiger partial charge in [-0.05, 0) is 45.6 Å². The van der Waals surface area contributed by atoms with Crippen LogP contribution in [0.2, 0.25) is 0 Å². The monoisotopic (exact) mass is 423 g/mol. The maximum absolute atomic E-state index is 12.5. The number of nitrogens with zero attached hydrogens (tertiary/aromatic N) is 1. The molecule has 1 aromatic carbocycles. The average molecular weight is 424 g/mol. The first-order valence-electron chi connectivity index (χ1n) is 9.88. The van der Waals surface area contributed by atoms with Crippen LogP contribution < -0.4 is 10.6 Å². The molecule has 0 bridgehead atoms. The molecule has 0 saturated carbocycles. The molecular formula is C21H33N3O6. The van der Waals surface area contributed by atoms with Crippen LogP contribution in [0.25, 0.3) is 0 Å². The van der Waals surface area contributed by atoms with Crippen LogP contribution >= 0.6 is 0 Å². The summed E-state index contributed by atoms with van der Waals surface area (Å²) in [4.78, 5) is 41.2. The molecule has 0 aliphatic rings. The molecule has 0 saturated heterocycles. The third-order valence-corrected chi connectivity index (χ3v) is 3.97. The van der Waals surface area contributed by atoms with Crippen molar-refractivity contribution in [2.75, 3.05) is 20.7 Å². The summed E-state index contributed by atoms with van der Waals surface area (Å²) in [6, 6.07) is 8.44. The van der Waals surface area contributed by atoms with Gasteiger partial charge in [-0.2, -0.15) is 0 Å². The second-order valence-electron chi connectivity index (χ2n) is 7.70. The predicted octanol–water partition coefficient (Wildman–Crippen LogP) is 3.00. The number of ether oxygens (including phenoxy) is 2. The van der Waals surface area contributed by atoms with E-state index in [9.17, 15) is 14.4 Å². The molecule has 2 N–H and O–H groups in total. The van der Waals surface area contributed by atoms with Crippen molar-refractivity contribution >= 4 is 18.1 Å². The maximum atomic E-state index is 12.5. The Hall–Kier alpha value is -2.81. The minimum absolute atomic E-state index is 0.105. The Kier molecular flexibility index (Phi) is 10.7. The zero-order valence-corrected chi connectivity index (χ0v) is 18.4. The second-order valence-corrected chi connectivity index (χ2v) is 7.70. The standard InChI is InChI=1S/C21H33N3O6/c1-21(2,3)30-19(26)22-14-10-9-13-17(18(25)24(4)28-5)23-20(27)29-15-16-11-7-6-8-12-16/h6-8,11-12,17H,9-10,13-15H2,1-5H3,(H,22,26)(H,23,27). The highest BCUT2D eigenvalue weighted by Gasteiger charge is 2.24. The minimum atomic E-state index is -0.806. The van der Waals surface area contributed by atoms with E-state index in [0.717, 1.165) is 10.6 Å². The first-order chi connectivity index (χ1) is 14.1. The zero-order valence-electron chi connectivity index (χ0n) is 18.4. The van der Waals surface area contributed by atoms with Crippen molar-refractivity contribution in [1.82, 2.24) is 15.7 Å². The smallest absolute Gasteiger partial charge is 0.408 e. The lowest BCUT2D eigenvalue weighted by Gasteiger charge is -2.22. The first-order valence-corrected chi connectivity index (χ1v) is 9.88. The molecule has 0 heterocycles. The topological polar surface area (TPSA) is 106 Å².